The van der Waals surface area contributed by atoms with Gasteiger partial charge in [-0.15, -0.1) is 0 Å². The molecule has 0 fully saturated rings. The maximum atomic E-state index is 4.39. The highest BCUT2D eigenvalue weighted by Gasteiger charge is 2.11. The fourth-order valence-electron chi connectivity index (χ4n) is 1.34. The highest BCUT2D eigenvalue weighted by molar-refractivity contribution is 5.54. The summed E-state index contributed by atoms with van der Waals surface area (Å²) in [7, 11) is 2.05. The fraction of sp³-hybridized carbons (Fsp3) is 0.375. The predicted molar refractivity (Wildman–Crippen MR) is 40.7 cm³/mol. The van der Waals surface area contributed by atoms with Gasteiger partial charge in [0.15, 0.2) is 0 Å². The average molecular weight is 134 g/mol. The van der Waals surface area contributed by atoms with Gasteiger partial charge in [0.2, 0.25) is 0 Å². The molecule has 1 aliphatic carbocycles. The van der Waals surface area contributed by atoms with Crippen LogP contribution in [0, 0.1) is 6.92 Å². The van der Waals surface area contributed by atoms with Crippen LogP contribution in [0.2, 0.25) is 0 Å². The van der Waals surface area contributed by atoms with E-state index in [2.05, 4.69) is 28.8 Å². The van der Waals surface area contributed by atoms with Gasteiger partial charge in [-0.05, 0) is 13.0 Å². The largest absolute Gasteiger partial charge is 0.332 e. The van der Waals surface area contributed by atoms with Crippen LogP contribution < -0.4 is 0 Å². The lowest BCUT2D eigenvalue weighted by Gasteiger charge is -1.94. The summed E-state index contributed by atoms with van der Waals surface area (Å²) in [4.78, 5) is 4.39. The van der Waals surface area contributed by atoms with Crippen LogP contribution >= 0.6 is 0 Å². The molecular weight excluding hydrogens is 124 g/mol. The molecule has 0 radical (unpaired) electrons. The standard InChI is InChI=1S/C8H10N2/c1-6-9-7-4-3-5-8(7)10(6)2/h3,5H,4H2,1-2H3. The molecule has 52 valence electrons. The van der Waals surface area contributed by atoms with Gasteiger partial charge in [0.25, 0.3) is 0 Å². The van der Waals surface area contributed by atoms with E-state index >= 15 is 0 Å². The van der Waals surface area contributed by atoms with E-state index in [4.69, 9.17) is 0 Å². The SMILES string of the molecule is Cc1nc2c(n1C)C=CC2. The Morgan fingerprint density at radius 1 is 1.60 bits per heavy atom. The highest BCUT2D eigenvalue weighted by atomic mass is 15.1. The van der Waals surface area contributed by atoms with Gasteiger partial charge in [-0.1, -0.05) is 6.08 Å². The quantitative estimate of drug-likeness (QED) is 0.523. The summed E-state index contributed by atoms with van der Waals surface area (Å²) < 4.78 is 2.12. The van der Waals surface area contributed by atoms with Crippen molar-refractivity contribution in [3.8, 4) is 0 Å². The van der Waals surface area contributed by atoms with Crippen molar-refractivity contribution >= 4 is 6.08 Å². The molecule has 1 aliphatic rings. The number of nitrogens with zero attached hydrogens (tertiary/aromatic N) is 2. The Morgan fingerprint density at radius 2 is 2.40 bits per heavy atom. The van der Waals surface area contributed by atoms with E-state index in [1.54, 1.807) is 0 Å². The molecule has 2 nitrogen and oxygen atoms in total. The Bertz CT molecular complexity index is 294. The normalized spacial score (nSPS) is 14.2. The average Bonchev–Trinajstić information content (AvgIpc) is 2.41. The minimum atomic E-state index is 1.01. The molecule has 0 aliphatic heterocycles. The number of fused-ring (bicyclic) bond motifs is 1. The van der Waals surface area contributed by atoms with Gasteiger partial charge in [-0.2, -0.15) is 0 Å². The molecule has 0 bridgehead atoms. The van der Waals surface area contributed by atoms with E-state index in [1.807, 2.05) is 6.92 Å². The second-order valence-corrected chi connectivity index (χ2v) is 2.66. The summed E-state index contributed by atoms with van der Waals surface area (Å²) in [6, 6.07) is 0. The number of aromatic nitrogens is 2. The summed E-state index contributed by atoms with van der Waals surface area (Å²) in [5.41, 5.74) is 2.50. The maximum absolute atomic E-state index is 4.39. The Kier molecular flexibility index (Phi) is 0.982. The van der Waals surface area contributed by atoms with E-state index in [-0.39, 0.29) is 0 Å². The van der Waals surface area contributed by atoms with Crippen LogP contribution in [-0.4, -0.2) is 9.55 Å². The third-order valence-corrected chi connectivity index (χ3v) is 2.03. The van der Waals surface area contributed by atoms with Crippen molar-refractivity contribution < 1.29 is 0 Å². The van der Waals surface area contributed by atoms with Crippen LogP contribution in [-0.2, 0) is 13.5 Å². The monoisotopic (exact) mass is 134 g/mol. The molecule has 0 aromatic carbocycles. The third-order valence-electron chi connectivity index (χ3n) is 2.03. The Morgan fingerprint density at radius 3 is 3.10 bits per heavy atom. The second kappa shape index (κ2) is 1.72. The zero-order chi connectivity index (χ0) is 7.14. The first kappa shape index (κ1) is 5.71. The summed E-state index contributed by atoms with van der Waals surface area (Å²) in [6.07, 6.45) is 5.30. The highest BCUT2D eigenvalue weighted by Crippen LogP contribution is 2.18. The molecule has 0 unspecified atom stereocenters. The van der Waals surface area contributed by atoms with Crippen LogP contribution in [0.5, 0.6) is 0 Å². The molecule has 1 heterocycles. The lowest BCUT2D eigenvalue weighted by Crippen LogP contribution is -1.92. The van der Waals surface area contributed by atoms with Crippen LogP contribution in [0.1, 0.15) is 17.2 Å². The van der Waals surface area contributed by atoms with E-state index < -0.39 is 0 Å². The Labute approximate surface area is 60.2 Å². The van der Waals surface area contributed by atoms with Gasteiger partial charge in [0.05, 0.1) is 11.4 Å². The molecule has 0 spiro atoms. The van der Waals surface area contributed by atoms with Gasteiger partial charge in [0, 0.05) is 13.5 Å². The van der Waals surface area contributed by atoms with Crippen molar-refractivity contribution in [3.63, 3.8) is 0 Å². The molecular formula is C8H10N2. The van der Waals surface area contributed by atoms with Crippen molar-refractivity contribution in [1.29, 1.82) is 0 Å². The smallest absolute Gasteiger partial charge is 0.106 e. The minimum absolute atomic E-state index is 1.01. The molecule has 10 heavy (non-hydrogen) atoms. The first-order valence-electron chi connectivity index (χ1n) is 3.48. The number of aryl methyl sites for hydroxylation is 1. The molecule has 2 heteroatoms. The molecule has 0 N–H and O–H groups in total. The summed E-state index contributed by atoms with van der Waals surface area (Å²) in [5.74, 6) is 1.11. The van der Waals surface area contributed by atoms with Gasteiger partial charge in [-0.25, -0.2) is 4.98 Å². The van der Waals surface area contributed by atoms with Crippen molar-refractivity contribution in [2.75, 3.05) is 0 Å². The Balaban J connectivity index is 2.69. The van der Waals surface area contributed by atoms with Gasteiger partial charge in [0.1, 0.15) is 5.82 Å². The number of rotatable bonds is 0. The van der Waals surface area contributed by atoms with E-state index in [1.165, 1.54) is 11.4 Å². The van der Waals surface area contributed by atoms with Crippen molar-refractivity contribution in [2.24, 2.45) is 7.05 Å². The van der Waals surface area contributed by atoms with Crippen molar-refractivity contribution in [1.82, 2.24) is 9.55 Å². The molecule has 0 atom stereocenters. The van der Waals surface area contributed by atoms with Crippen LogP contribution in [0.4, 0.5) is 0 Å². The molecule has 1 aromatic heterocycles. The number of allylic oxidation sites excluding steroid dienone is 1. The topological polar surface area (TPSA) is 17.8 Å². The second-order valence-electron chi connectivity index (χ2n) is 2.66. The summed E-state index contributed by atoms with van der Waals surface area (Å²) >= 11 is 0. The number of hydrogen-bond acceptors (Lipinski definition) is 1. The van der Waals surface area contributed by atoms with Crippen LogP contribution in [0.25, 0.3) is 6.08 Å². The number of imidazole rings is 1. The molecule has 0 amide bonds. The Hall–Kier alpha value is -1.05. The zero-order valence-electron chi connectivity index (χ0n) is 6.26. The van der Waals surface area contributed by atoms with E-state index in [0.29, 0.717) is 0 Å². The maximum Gasteiger partial charge on any atom is 0.106 e. The van der Waals surface area contributed by atoms with Crippen LogP contribution in [0.15, 0.2) is 6.08 Å². The number of hydrogen-bond donors (Lipinski definition) is 0. The molecule has 0 saturated heterocycles. The minimum Gasteiger partial charge on any atom is -0.332 e. The summed E-state index contributed by atoms with van der Waals surface area (Å²) in [5, 5.41) is 0. The fourth-order valence-corrected chi connectivity index (χ4v) is 1.34. The van der Waals surface area contributed by atoms with Gasteiger partial charge < -0.3 is 4.57 Å². The molecule has 1 aromatic rings. The van der Waals surface area contributed by atoms with Crippen molar-refractivity contribution in [3.05, 3.63) is 23.3 Å². The van der Waals surface area contributed by atoms with E-state index in [0.717, 1.165) is 12.2 Å². The lowest BCUT2D eigenvalue weighted by molar-refractivity contribution is 0.849. The first-order chi connectivity index (χ1) is 4.79. The van der Waals surface area contributed by atoms with Crippen LogP contribution in [0.3, 0.4) is 0 Å². The van der Waals surface area contributed by atoms with Gasteiger partial charge in [-0.3, -0.25) is 0 Å². The van der Waals surface area contributed by atoms with Crippen molar-refractivity contribution in [2.45, 2.75) is 13.3 Å². The lowest BCUT2D eigenvalue weighted by atomic mass is 10.4. The first-order valence-corrected chi connectivity index (χ1v) is 3.48. The third kappa shape index (κ3) is 0.561. The zero-order valence-corrected chi connectivity index (χ0v) is 6.26. The summed E-state index contributed by atoms with van der Waals surface area (Å²) in [6.45, 7) is 2.03. The predicted octanol–water partition coefficient (Wildman–Crippen LogP) is 1.30. The van der Waals surface area contributed by atoms with E-state index in [9.17, 15) is 0 Å². The molecule has 2 rings (SSSR count). The molecule has 0 saturated carbocycles. The van der Waals surface area contributed by atoms with Gasteiger partial charge >= 0.3 is 0 Å².